The van der Waals surface area contributed by atoms with Crippen molar-refractivity contribution in [1.82, 2.24) is 39.9 Å². The zero-order chi connectivity index (χ0) is 57.9. The van der Waals surface area contributed by atoms with Gasteiger partial charge in [-0.05, 0) is 49.3 Å². The van der Waals surface area contributed by atoms with E-state index in [0.717, 1.165) is 11.3 Å². The number of nitrogens with zero attached hydrogens (tertiary/aromatic N) is 8. The highest BCUT2D eigenvalue weighted by atomic mass is 35.5. The molecule has 0 spiro atoms. The van der Waals surface area contributed by atoms with Crippen LogP contribution in [0.25, 0.3) is 21.3 Å². The van der Waals surface area contributed by atoms with Crippen LogP contribution in [-0.2, 0) is 4.74 Å². The number of aromatic nitrogens is 8. The summed E-state index contributed by atoms with van der Waals surface area (Å²) in [5, 5.41) is 20.9. The molecule has 2 N–H and O–H groups in total. The van der Waals surface area contributed by atoms with Crippen LogP contribution in [0.4, 0.5) is 26.3 Å². The number of methoxy groups -OCH3 is 1. The van der Waals surface area contributed by atoms with Crippen LogP contribution in [0.1, 0.15) is 53.6 Å². The fraction of sp³-hybridized carbons (Fsp3) is 0.188. The summed E-state index contributed by atoms with van der Waals surface area (Å²) < 4.78 is 93.9. The Kier molecular flexibility index (Phi) is 24.9. The third-order valence-corrected chi connectivity index (χ3v) is 13.7. The van der Waals surface area contributed by atoms with Crippen LogP contribution >= 0.6 is 93.2 Å². The Morgan fingerprint density at radius 1 is 0.582 bits per heavy atom. The highest BCUT2D eigenvalue weighted by molar-refractivity contribution is 7.99. The molecule has 3 aromatic carbocycles. The van der Waals surface area contributed by atoms with E-state index in [-0.39, 0.29) is 65.4 Å². The number of benzene rings is 3. The van der Waals surface area contributed by atoms with Crippen LogP contribution in [0.15, 0.2) is 118 Å². The first-order valence-corrected chi connectivity index (χ1v) is 28.3. The third kappa shape index (κ3) is 17.6. The van der Waals surface area contributed by atoms with Crippen molar-refractivity contribution < 1.29 is 69.9 Å². The number of aromatic carboxylic acids is 1. The first-order valence-electron chi connectivity index (χ1n) is 21.4. The van der Waals surface area contributed by atoms with Crippen molar-refractivity contribution in [3.63, 3.8) is 0 Å². The number of thioether (sulfide) groups is 4. The van der Waals surface area contributed by atoms with Crippen LogP contribution < -0.4 is 14.2 Å². The number of hydrogen-bond donors (Lipinski definition) is 2. The first-order chi connectivity index (χ1) is 37.7. The molecule has 1 atom stereocenters. The summed E-state index contributed by atoms with van der Waals surface area (Å²) in [7, 11) is 1.26. The highest BCUT2D eigenvalue weighted by Crippen LogP contribution is 2.43. The number of carbonyl (C=O) groups excluding carboxylic acids is 2. The average molecular weight is 1250 g/mol. The van der Waals surface area contributed by atoms with Crippen LogP contribution in [-0.4, -0.2) is 120 Å². The van der Waals surface area contributed by atoms with Crippen LogP contribution in [0.5, 0.6) is 17.2 Å². The molecule has 0 aliphatic rings. The fourth-order valence-corrected chi connectivity index (χ4v) is 9.19. The minimum Gasteiger partial charge on any atom is -0.476 e. The van der Waals surface area contributed by atoms with Gasteiger partial charge in [-0.15, -0.1) is 11.3 Å². The lowest BCUT2D eigenvalue weighted by atomic mass is 10.0. The van der Waals surface area contributed by atoms with Gasteiger partial charge in [0.25, 0.3) is 0 Å². The van der Waals surface area contributed by atoms with Gasteiger partial charge < -0.3 is 29.2 Å². The molecule has 17 nitrogen and oxygen atoms in total. The molecular formula is C48H37Cl3F6N8O9S5. The Hall–Kier alpha value is -6.24. The number of alkyl halides is 6. The number of esters is 1. The van der Waals surface area contributed by atoms with E-state index in [1.54, 1.807) is 49.2 Å². The predicted molar refractivity (Wildman–Crippen MR) is 290 cm³/mol. The second-order valence-corrected chi connectivity index (χ2v) is 19.6. The minimum absolute atomic E-state index is 0.0355. The molecule has 0 saturated carbocycles. The van der Waals surface area contributed by atoms with Gasteiger partial charge in [0, 0.05) is 22.9 Å². The SMILES string of the molecule is COC(=O)c1sc2cnc(SC)nc2c1-c1ccccc1OC(F)F.CSc1ncc(Cl)c(C(=O)O)n1.CSc1ncc(Cl)c(C(=O)c2ccccc2OC(F)F)n1.CSc1ncc(Cl)c(C(O)c2ccccc2OC(F)F)n1. The number of carbonyl (C=O) groups is 3. The molecule has 5 aromatic heterocycles. The van der Waals surface area contributed by atoms with Crippen molar-refractivity contribution in [2.24, 2.45) is 0 Å². The molecular weight excluding hydrogens is 1210 g/mol. The molecule has 0 amide bonds. The summed E-state index contributed by atoms with van der Waals surface area (Å²) in [4.78, 5) is 67.6. The first kappa shape index (κ1) is 63.6. The number of ketones is 1. The number of carboxylic acids is 1. The van der Waals surface area contributed by atoms with E-state index in [2.05, 4.69) is 54.1 Å². The maximum atomic E-state index is 12.8. The Balaban J connectivity index is 0.000000199. The molecule has 31 heteroatoms. The molecule has 8 aromatic rings. The van der Waals surface area contributed by atoms with E-state index in [1.807, 2.05) is 6.26 Å². The summed E-state index contributed by atoms with van der Waals surface area (Å²) in [6.07, 6.45) is 11.3. The lowest BCUT2D eigenvalue weighted by molar-refractivity contribution is -0.0517. The topological polar surface area (TPSA) is 232 Å². The van der Waals surface area contributed by atoms with Gasteiger partial charge in [-0.2, -0.15) is 26.3 Å². The summed E-state index contributed by atoms with van der Waals surface area (Å²) in [6, 6.07) is 17.9. The largest absolute Gasteiger partial charge is 0.476 e. The normalized spacial score (nSPS) is 11.2. The standard InChI is InChI=1S/C16H12F2N2O3S2.C13H11ClF2N2O2S.C13H9ClF2N2O2S.C6H5ClN2O2S/c1-22-14(21)13-11(8-5-3-4-6-9(8)23-15(17)18)12-10(25-13)7-19-16(20-12)24-2;2*1-21-13-17-6-8(14)10(18-13)11(19)7-4-2-3-5-9(7)20-12(15)16;1-12-6-8-2-3(7)4(9-6)5(10)11/h3-7,15H,1-2H3;2-6,11-12,19H,1H3;2-6,12H,1H3;2H,1H3,(H,10,11). The lowest BCUT2D eigenvalue weighted by Crippen LogP contribution is -2.11. The number of aliphatic hydroxyl groups is 1. The van der Waals surface area contributed by atoms with Crippen LogP contribution in [0.3, 0.4) is 0 Å². The van der Waals surface area contributed by atoms with Gasteiger partial charge in [0.15, 0.2) is 26.3 Å². The quantitative estimate of drug-likeness (QED) is 0.0284. The van der Waals surface area contributed by atoms with Crippen LogP contribution in [0.2, 0.25) is 15.1 Å². The average Bonchev–Trinajstić information content (AvgIpc) is 3.94. The summed E-state index contributed by atoms with van der Waals surface area (Å²) >= 11 is 23.7. The Bertz CT molecular complexity index is 3410. The second kappa shape index (κ2) is 30.9. The van der Waals surface area contributed by atoms with E-state index in [9.17, 15) is 45.8 Å². The molecule has 79 heavy (non-hydrogen) atoms. The fourth-order valence-electron chi connectivity index (χ4n) is 6.23. The second-order valence-electron chi connectivity index (χ2n) is 14.3. The van der Waals surface area contributed by atoms with Gasteiger partial charge in [-0.1, -0.05) is 130 Å². The van der Waals surface area contributed by atoms with Gasteiger partial charge in [0.2, 0.25) is 5.78 Å². The zero-order valence-electron chi connectivity index (χ0n) is 40.8. The molecule has 0 fully saturated rings. The van der Waals surface area contributed by atoms with Gasteiger partial charge in [-0.3, -0.25) is 4.79 Å². The smallest absolute Gasteiger partial charge is 0.387 e. The summed E-state index contributed by atoms with van der Waals surface area (Å²) in [5.41, 5.74) is 1.30. The number of aliphatic hydroxyl groups excluding tert-OH is 1. The van der Waals surface area contributed by atoms with Crippen molar-refractivity contribution in [2.75, 3.05) is 32.1 Å². The van der Waals surface area contributed by atoms with Crippen molar-refractivity contribution in [1.29, 1.82) is 0 Å². The molecule has 8 rings (SSSR count). The molecule has 5 heterocycles. The number of fused-ring (bicyclic) bond motifs is 1. The van der Waals surface area contributed by atoms with Crippen LogP contribution in [0, 0.1) is 0 Å². The molecule has 0 aliphatic carbocycles. The van der Waals surface area contributed by atoms with Crippen molar-refractivity contribution in [2.45, 2.75) is 46.6 Å². The maximum Gasteiger partial charge on any atom is 0.387 e. The van der Waals surface area contributed by atoms with E-state index >= 15 is 0 Å². The third-order valence-electron chi connectivity index (χ3n) is 9.53. The monoisotopic (exact) mass is 1250 g/mol. The Labute approximate surface area is 480 Å². The summed E-state index contributed by atoms with van der Waals surface area (Å²) in [5.74, 6) is -2.70. The van der Waals surface area contributed by atoms with E-state index in [4.69, 9.17) is 44.6 Å². The van der Waals surface area contributed by atoms with E-state index in [1.165, 1.54) is 121 Å². The molecule has 1 unspecified atom stereocenters. The number of ether oxygens (including phenoxy) is 4. The molecule has 0 aliphatic heterocycles. The number of para-hydroxylation sites is 3. The number of halogens is 9. The summed E-state index contributed by atoms with van der Waals surface area (Å²) in [6.45, 7) is -8.99. The van der Waals surface area contributed by atoms with E-state index in [0.29, 0.717) is 42.0 Å². The number of carboxylic acid groups (broad SMARTS) is 1. The zero-order valence-corrected chi connectivity index (χ0v) is 47.2. The van der Waals surface area contributed by atoms with Gasteiger partial charge in [0.05, 0.1) is 62.2 Å². The number of hydrogen-bond acceptors (Lipinski definition) is 21. The lowest BCUT2D eigenvalue weighted by Gasteiger charge is -2.16. The van der Waals surface area contributed by atoms with Gasteiger partial charge >= 0.3 is 31.8 Å². The van der Waals surface area contributed by atoms with Crippen molar-refractivity contribution in [3.05, 3.63) is 146 Å². The highest BCUT2D eigenvalue weighted by Gasteiger charge is 2.27. The van der Waals surface area contributed by atoms with Crippen molar-refractivity contribution in [3.8, 4) is 28.4 Å². The van der Waals surface area contributed by atoms with Gasteiger partial charge in [-0.25, -0.2) is 49.5 Å². The predicted octanol–water partition coefficient (Wildman–Crippen LogP) is 13.2. The molecule has 416 valence electrons. The minimum atomic E-state index is -3.03. The molecule has 0 radical (unpaired) electrons. The van der Waals surface area contributed by atoms with E-state index < -0.39 is 43.7 Å². The molecule has 0 saturated heterocycles. The van der Waals surface area contributed by atoms with Crippen molar-refractivity contribution >= 4 is 121 Å². The van der Waals surface area contributed by atoms with Gasteiger partial charge in [0.1, 0.15) is 33.9 Å². The Morgan fingerprint density at radius 3 is 1.61 bits per heavy atom. The molecule has 0 bridgehead atoms. The Morgan fingerprint density at radius 2 is 1.04 bits per heavy atom. The number of rotatable bonds is 17. The maximum absolute atomic E-state index is 12.8. The number of thiophene rings is 1.